The number of amides is 3. The zero-order valence-electron chi connectivity index (χ0n) is 19.2. The summed E-state index contributed by atoms with van der Waals surface area (Å²) in [5.41, 5.74) is 3.14. The molecule has 3 amide bonds. The lowest BCUT2D eigenvalue weighted by molar-refractivity contribution is -0.120. The average molecular weight is 481 g/mol. The molecule has 1 heterocycles. The van der Waals surface area contributed by atoms with Crippen LogP contribution in [0.5, 0.6) is 0 Å². The number of anilines is 1. The highest BCUT2D eigenvalue weighted by atomic mass is 32.1. The Morgan fingerprint density at radius 3 is 2.47 bits per heavy atom. The van der Waals surface area contributed by atoms with Gasteiger partial charge in [-0.3, -0.25) is 14.4 Å². The third-order valence-electron chi connectivity index (χ3n) is 4.96. The van der Waals surface area contributed by atoms with Crippen molar-refractivity contribution in [3.05, 3.63) is 82.4 Å². The molecule has 0 saturated heterocycles. The number of hydrogen-bond donors (Lipinski definition) is 2. The molecule has 3 aromatic rings. The highest BCUT2D eigenvalue weighted by Gasteiger charge is 2.19. The van der Waals surface area contributed by atoms with E-state index in [1.165, 1.54) is 16.2 Å². The smallest absolute Gasteiger partial charge is 0.254 e. The Kier molecular flexibility index (Phi) is 9.30. The van der Waals surface area contributed by atoms with Gasteiger partial charge in [0.1, 0.15) is 6.54 Å². The van der Waals surface area contributed by atoms with Gasteiger partial charge in [-0.1, -0.05) is 48.0 Å². The third-order valence-corrected chi connectivity index (χ3v) is 5.76. The Morgan fingerprint density at radius 2 is 1.76 bits per heavy atom. The number of rotatable bonds is 11. The molecule has 0 atom stereocenters. The van der Waals surface area contributed by atoms with E-state index in [4.69, 9.17) is 4.74 Å². The first-order valence-electron chi connectivity index (χ1n) is 10.8. The van der Waals surface area contributed by atoms with Crippen molar-refractivity contribution in [2.24, 2.45) is 0 Å². The van der Waals surface area contributed by atoms with Crippen LogP contribution in [0.4, 0.5) is 5.13 Å². The second-order valence-electron chi connectivity index (χ2n) is 7.72. The zero-order chi connectivity index (χ0) is 24.3. The number of thiazole rings is 1. The van der Waals surface area contributed by atoms with Gasteiger partial charge < -0.3 is 20.3 Å². The molecule has 0 aliphatic rings. The van der Waals surface area contributed by atoms with Gasteiger partial charge in [-0.2, -0.15) is 0 Å². The summed E-state index contributed by atoms with van der Waals surface area (Å²) >= 11 is 1.23. The van der Waals surface area contributed by atoms with Crippen molar-refractivity contribution in [1.29, 1.82) is 0 Å². The first-order chi connectivity index (χ1) is 16.4. The van der Waals surface area contributed by atoms with Gasteiger partial charge >= 0.3 is 0 Å². The molecule has 2 N–H and O–H groups in total. The molecular formula is C25H28N4O4S. The summed E-state index contributed by atoms with van der Waals surface area (Å²) in [4.78, 5) is 43.4. The predicted molar refractivity (Wildman–Crippen MR) is 132 cm³/mol. The summed E-state index contributed by atoms with van der Waals surface area (Å²) in [5.74, 6) is -0.769. The molecule has 1 aromatic heterocycles. The van der Waals surface area contributed by atoms with E-state index in [9.17, 15) is 14.4 Å². The molecule has 0 aliphatic carbocycles. The second kappa shape index (κ2) is 12.6. The van der Waals surface area contributed by atoms with Crippen LogP contribution in [0.25, 0.3) is 0 Å². The second-order valence-corrected chi connectivity index (χ2v) is 8.57. The van der Waals surface area contributed by atoms with Crippen LogP contribution in [-0.2, 0) is 27.3 Å². The van der Waals surface area contributed by atoms with Crippen LogP contribution in [0, 0.1) is 6.92 Å². The number of nitrogens with one attached hydrogen (secondary N) is 2. The van der Waals surface area contributed by atoms with Crippen molar-refractivity contribution in [2.45, 2.75) is 19.9 Å². The van der Waals surface area contributed by atoms with E-state index in [2.05, 4.69) is 15.6 Å². The number of aryl methyl sites for hydroxylation is 1. The number of methoxy groups -OCH3 is 1. The molecule has 9 heteroatoms. The molecule has 0 unspecified atom stereocenters. The zero-order valence-corrected chi connectivity index (χ0v) is 20.1. The Bertz CT molecular complexity index is 1100. The summed E-state index contributed by atoms with van der Waals surface area (Å²) in [6.07, 6.45) is 0.116. The molecule has 8 nitrogen and oxygen atoms in total. The standard InChI is InChI=1S/C25H28N4O4S/c1-18-8-10-20(11-9-18)24(32)29(12-13-33-2)16-23(31)28-25-27-21(17-34-25)14-22(30)26-15-19-6-4-3-5-7-19/h3-11,17H,12-16H2,1-2H3,(H,26,30)(H,27,28,31). The van der Waals surface area contributed by atoms with Crippen LogP contribution >= 0.6 is 11.3 Å². The summed E-state index contributed by atoms with van der Waals surface area (Å²) in [7, 11) is 1.54. The van der Waals surface area contributed by atoms with Crippen molar-refractivity contribution >= 4 is 34.2 Å². The molecule has 0 radical (unpaired) electrons. The maximum absolute atomic E-state index is 12.9. The van der Waals surface area contributed by atoms with E-state index in [-0.39, 0.29) is 37.2 Å². The largest absolute Gasteiger partial charge is 0.383 e. The highest BCUT2D eigenvalue weighted by Crippen LogP contribution is 2.16. The minimum absolute atomic E-state index is 0.116. The lowest BCUT2D eigenvalue weighted by Gasteiger charge is -2.21. The molecule has 0 saturated carbocycles. The minimum Gasteiger partial charge on any atom is -0.383 e. The van der Waals surface area contributed by atoms with Crippen LogP contribution in [0.1, 0.15) is 27.2 Å². The summed E-state index contributed by atoms with van der Waals surface area (Å²) in [6, 6.07) is 16.8. The average Bonchev–Trinajstić information content (AvgIpc) is 3.27. The number of ether oxygens (including phenoxy) is 1. The van der Waals surface area contributed by atoms with E-state index < -0.39 is 0 Å². The molecule has 34 heavy (non-hydrogen) atoms. The Morgan fingerprint density at radius 1 is 1.03 bits per heavy atom. The SMILES string of the molecule is COCCN(CC(=O)Nc1nc(CC(=O)NCc2ccccc2)cs1)C(=O)c1ccc(C)cc1. The lowest BCUT2D eigenvalue weighted by atomic mass is 10.1. The van der Waals surface area contributed by atoms with Crippen molar-refractivity contribution in [1.82, 2.24) is 15.2 Å². The number of carbonyl (C=O) groups excluding carboxylic acids is 3. The molecule has 3 rings (SSSR count). The minimum atomic E-state index is -0.369. The molecule has 178 valence electrons. The first kappa shape index (κ1) is 25.1. The van der Waals surface area contributed by atoms with Crippen LogP contribution < -0.4 is 10.6 Å². The van der Waals surface area contributed by atoms with Crippen molar-refractivity contribution < 1.29 is 19.1 Å². The van der Waals surface area contributed by atoms with Crippen molar-refractivity contribution in [2.75, 3.05) is 32.1 Å². The van der Waals surface area contributed by atoms with Crippen LogP contribution in [0.15, 0.2) is 60.0 Å². The molecule has 0 bridgehead atoms. The lowest BCUT2D eigenvalue weighted by Crippen LogP contribution is -2.40. The van der Waals surface area contributed by atoms with E-state index >= 15 is 0 Å². The predicted octanol–water partition coefficient (Wildman–Crippen LogP) is 3.04. The van der Waals surface area contributed by atoms with Crippen LogP contribution in [0.2, 0.25) is 0 Å². The molecule has 0 spiro atoms. The van der Waals surface area contributed by atoms with E-state index in [1.54, 1.807) is 24.6 Å². The van der Waals surface area contributed by atoms with Gasteiger partial charge in [-0.05, 0) is 24.6 Å². The molecule has 0 aliphatic heterocycles. The van der Waals surface area contributed by atoms with Gasteiger partial charge in [0.15, 0.2) is 5.13 Å². The van der Waals surface area contributed by atoms with E-state index in [0.29, 0.717) is 29.5 Å². The molecule has 2 aromatic carbocycles. The topological polar surface area (TPSA) is 101 Å². The van der Waals surface area contributed by atoms with Crippen molar-refractivity contribution in [3.63, 3.8) is 0 Å². The quantitative estimate of drug-likeness (QED) is 0.439. The van der Waals surface area contributed by atoms with E-state index in [0.717, 1.165) is 11.1 Å². The number of hydrogen-bond acceptors (Lipinski definition) is 6. The highest BCUT2D eigenvalue weighted by molar-refractivity contribution is 7.13. The van der Waals surface area contributed by atoms with Gasteiger partial charge in [-0.15, -0.1) is 11.3 Å². The van der Waals surface area contributed by atoms with Crippen LogP contribution in [-0.4, -0.2) is 54.4 Å². The Hall–Kier alpha value is -3.56. The van der Waals surface area contributed by atoms with Gasteiger partial charge in [0.25, 0.3) is 5.91 Å². The van der Waals surface area contributed by atoms with Gasteiger partial charge in [0, 0.05) is 31.1 Å². The van der Waals surface area contributed by atoms with E-state index in [1.807, 2.05) is 49.4 Å². The Labute approximate surface area is 203 Å². The number of carbonyl (C=O) groups is 3. The number of benzene rings is 2. The fourth-order valence-electron chi connectivity index (χ4n) is 3.13. The first-order valence-corrected chi connectivity index (χ1v) is 11.7. The van der Waals surface area contributed by atoms with Crippen molar-refractivity contribution in [3.8, 4) is 0 Å². The maximum Gasteiger partial charge on any atom is 0.254 e. The summed E-state index contributed by atoms with van der Waals surface area (Å²) in [5, 5.41) is 7.69. The normalized spacial score (nSPS) is 10.5. The van der Waals surface area contributed by atoms with Gasteiger partial charge in [-0.25, -0.2) is 4.98 Å². The summed E-state index contributed by atoms with van der Waals surface area (Å²) in [6.45, 7) is 2.84. The third kappa shape index (κ3) is 7.79. The molecular weight excluding hydrogens is 452 g/mol. The molecule has 0 fully saturated rings. The number of nitrogens with zero attached hydrogens (tertiary/aromatic N) is 2. The maximum atomic E-state index is 12.9. The fourth-order valence-corrected chi connectivity index (χ4v) is 3.86. The number of aromatic nitrogens is 1. The Balaban J connectivity index is 1.53. The van der Waals surface area contributed by atoms with Crippen LogP contribution in [0.3, 0.4) is 0 Å². The monoisotopic (exact) mass is 480 g/mol. The van der Waals surface area contributed by atoms with Gasteiger partial charge in [0.2, 0.25) is 11.8 Å². The summed E-state index contributed by atoms with van der Waals surface area (Å²) < 4.78 is 5.09. The fraction of sp³-hybridized carbons (Fsp3) is 0.280. The van der Waals surface area contributed by atoms with Gasteiger partial charge in [0.05, 0.1) is 18.7 Å².